The molecular weight excluding hydrogens is 285 g/mol. The van der Waals surface area contributed by atoms with Crippen molar-refractivity contribution in [3.63, 3.8) is 0 Å². The Morgan fingerprint density at radius 3 is 2.14 bits per heavy atom. The Kier molecular flexibility index (Phi) is 4.23. The Labute approximate surface area is 101 Å². The van der Waals surface area contributed by atoms with Crippen LogP contribution in [-0.2, 0) is 0 Å². The van der Waals surface area contributed by atoms with Crippen molar-refractivity contribution in [3.05, 3.63) is 26.8 Å². The number of anilines is 1. The molecule has 0 saturated carbocycles. The summed E-state index contributed by atoms with van der Waals surface area (Å²) in [6.07, 6.45) is 0. The predicted molar refractivity (Wildman–Crippen MR) is 72.2 cm³/mol. The first kappa shape index (κ1) is 11.8. The van der Waals surface area contributed by atoms with Gasteiger partial charge in [0.05, 0.1) is 0 Å². The molecule has 0 saturated heterocycles. The molecule has 0 unspecified atom stereocenters. The minimum absolute atomic E-state index is 1.08. The van der Waals surface area contributed by atoms with Gasteiger partial charge in [-0.1, -0.05) is 0 Å². The lowest BCUT2D eigenvalue weighted by Crippen LogP contribution is -2.22. The summed E-state index contributed by atoms with van der Waals surface area (Å²) in [7, 11) is 0. The van der Waals surface area contributed by atoms with Crippen LogP contribution in [0.2, 0.25) is 0 Å². The van der Waals surface area contributed by atoms with Crippen LogP contribution in [0.5, 0.6) is 0 Å². The summed E-state index contributed by atoms with van der Waals surface area (Å²) in [5.41, 5.74) is 4.13. The molecule has 2 heteroatoms. The highest BCUT2D eigenvalue weighted by atomic mass is 127. The minimum atomic E-state index is 1.08. The van der Waals surface area contributed by atoms with Crippen molar-refractivity contribution in [2.75, 3.05) is 18.0 Å². The van der Waals surface area contributed by atoms with Crippen LogP contribution in [-0.4, -0.2) is 13.1 Å². The number of rotatable bonds is 3. The number of hydrogen-bond acceptors (Lipinski definition) is 1. The first-order chi connectivity index (χ1) is 6.60. The van der Waals surface area contributed by atoms with Crippen molar-refractivity contribution in [1.29, 1.82) is 0 Å². The van der Waals surface area contributed by atoms with E-state index in [9.17, 15) is 0 Å². The highest BCUT2D eigenvalue weighted by Gasteiger charge is 2.07. The van der Waals surface area contributed by atoms with Gasteiger partial charge >= 0.3 is 0 Å². The third-order valence-electron chi connectivity index (χ3n) is 2.58. The molecule has 14 heavy (non-hydrogen) atoms. The Balaban J connectivity index is 3.14. The van der Waals surface area contributed by atoms with Gasteiger partial charge in [0, 0.05) is 22.3 Å². The van der Waals surface area contributed by atoms with Gasteiger partial charge in [-0.05, 0) is 73.5 Å². The quantitative estimate of drug-likeness (QED) is 0.769. The SMILES string of the molecule is CCN(CC)c1cc(C)c(I)cc1C. The zero-order chi connectivity index (χ0) is 10.7. The van der Waals surface area contributed by atoms with Gasteiger partial charge in [0.1, 0.15) is 0 Å². The van der Waals surface area contributed by atoms with E-state index in [1.165, 1.54) is 20.4 Å². The Morgan fingerprint density at radius 2 is 1.64 bits per heavy atom. The van der Waals surface area contributed by atoms with Crippen LogP contribution in [0.25, 0.3) is 0 Å². The molecule has 0 spiro atoms. The number of benzene rings is 1. The van der Waals surface area contributed by atoms with Gasteiger partial charge in [-0.15, -0.1) is 0 Å². The fourth-order valence-corrected chi connectivity index (χ4v) is 2.29. The average molecular weight is 303 g/mol. The number of hydrogen-bond donors (Lipinski definition) is 0. The summed E-state index contributed by atoms with van der Waals surface area (Å²) < 4.78 is 1.36. The first-order valence-electron chi connectivity index (χ1n) is 5.11. The smallest absolute Gasteiger partial charge is 0.0399 e. The largest absolute Gasteiger partial charge is 0.372 e. The van der Waals surface area contributed by atoms with E-state index in [0.29, 0.717) is 0 Å². The maximum atomic E-state index is 2.40. The predicted octanol–water partition coefficient (Wildman–Crippen LogP) is 3.75. The van der Waals surface area contributed by atoms with E-state index in [-0.39, 0.29) is 0 Å². The molecule has 0 atom stereocenters. The van der Waals surface area contributed by atoms with Crippen LogP contribution < -0.4 is 4.90 Å². The molecule has 0 aromatic heterocycles. The first-order valence-corrected chi connectivity index (χ1v) is 6.19. The lowest BCUT2D eigenvalue weighted by atomic mass is 10.1. The molecule has 1 rings (SSSR count). The lowest BCUT2D eigenvalue weighted by Gasteiger charge is -2.24. The monoisotopic (exact) mass is 303 g/mol. The highest BCUT2D eigenvalue weighted by molar-refractivity contribution is 14.1. The summed E-state index contributed by atoms with van der Waals surface area (Å²) >= 11 is 2.40. The Bertz CT molecular complexity index is 316. The van der Waals surface area contributed by atoms with E-state index in [2.05, 4.69) is 67.3 Å². The third-order valence-corrected chi connectivity index (χ3v) is 3.74. The second-order valence-electron chi connectivity index (χ2n) is 3.56. The molecule has 0 fully saturated rings. The summed E-state index contributed by atoms with van der Waals surface area (Å²) in [6, 6.07) is 4.56. The summed E-state index contributed by atoms with van der Waals surface area (Å²) in [5.74, 6) is 0. The second-order valence-corrected chi connectivity index (χ2v) is 4.72. The molecule has 0 radical (unpaired) electrons. The van der Waals surface area contributed by atoms with Crippen LogP contribution in [0, 0.1) is 17.4 Å². The van der Waals surface area contributed by atoms with Gasteiger partial charge in [-0.25, -0.2) is 0 Å². The molecule has 0 N–H and O–H groups in total. The molecule has 1 nitrogen and oxygen atoms in total. The molecule has 1 aromatic rings. The Hall–Kier alpha value is -0.250. The molecule has 78 valence electrons. The van der Waals surface area contributed by atoms with E-state index in [0.717, 1.165) is 13.1 Å². The highest BCUT2D eigenvalue weighted by Crippen LogP contribution is 2.24. The maximum Gasteiger partial charge on any atom is 0.0399 e. The lowest BCUT2D eigenvalue weighted by molar-refractivity contribution is 0.860. The summed E-state index contributed by atoms with van der Waals surface area (Å²) in [6.45, 7) is 10.9. The van der Waals surface area contributed by atoms with E-state index < -0.39 is 0 Å². The van der Waals surface area contributed by atoms with Crippen molar-refractivity contribution < 1.29 is 0 Å². The van der Waals surface area contributed by atoms with E-state index in [4.69, 9.17) is 0 Å². The van der Waals surface area contributed by atoms with Crippen molar-refractivity contribution >= 4 is 28.3 Å². The maximum absolute atomic E-state index is 2.40. The van der Waals surface area contributed by atoms with Gasteiger partial charge in [0.15, 0.2) is 0 Å². The van der Waals surface area contributed by atoms with Gasteiger partial charge in [0.2, 0.25) is 0 Å². The fraction of sp³-hybridized carbons (Fsp3) is 0.500. The van der Waals surface area contributed by atoms with Crippen molar-refractivity contribution in [1.82, 2.24) is 0 Å². The molecule has 0 aliphatic carbocycles. The van der Waals surface area contributed by atoms with Crippen molar-refractivity contribution in [2.24, 2.45) is 0 Å². The topological polar surface area (TPSA) is 3.24 Å². The fourth-order valence-electron chi connectivity index (χ4n) is 1.67. The average Bonchev–Trinajstić information content (AvgIpc) is 2.15. The van der Waals surface area contributed by atoms with Crippen molar-refractivity contribution in [3.8, 4) is 0 Å². The molecule has 1 aromatic carbocycles. The van der Waals surface area contributed by atoms with Gasteiger partial charge in [-0.3, -0.25) is 0 Å². The van der Waals surface area contributed by atoms with E-state index in [1.54, 1.807) is 0 Å². The molecule has 0 bridgehead atoms. The van der Waals surface area contributed by atoms with Gasteiger partial charge in [-0.2, -0.15) is 0 Å². The standard InChI is InChI=1S/C12H18IN/c1-5-14(6-2)12-8-9(3)11(13)7-10(12)4/h7-8H,5-6H2,1-4H3. The van der Waals surface area contributed by atoms with E-state index in [1.807, 2.05) is 0 Å². The number of nitrogens with zero attached hydrogens (tertiary/aromatic N) is 1. The number of halogens is 1. The van der Waals surface area contributed by atoms with Crippen LogP contribution in [0.15, 0.2) is 12.1 Å². The molecule has 0 amide bonds. The van der Waals surface area contributed by atoms with Gasteiger partial charge in [0.25, 0.3) is 0 Å². The summed E-state index contributed by atoms with van der Waals surface area (Å²) in [4.78, 5) is 2.40. The van der Waals surface area contributed by atoms with Crippen LogP contribution in [0.4, 0.5) is 5.69 Å². The zero-order valence-electron chi connectivity index (χ0n) is 9.39. The third kappa shape index (κ3) is 2.41. The molecule has 0 heterocycles. The van der Waals surface area contributed by atoms with E-state index >= 15 is 0 Å². The van der Waals surface area contributed by atoms with Crippen LogP contribution >= 0.6 is 22.6 Å². The van der Waals surface area contributed by atoms with Gasteiger partial charge < -0.3 is 4.90 Å². The normalized spacial score (nSPS) is 10.4. The van der Waals surface area contributed by atoms with Crippen molar-refractivity contribution in [2.45, 2.75) is 27.7 Å². The van der Waals surface area contributed by atoms with Crippen LogP contribution in [0.1, 0.15) is 25.0 Å². The van der Waals surface area contributed by atoms with Crippen LogP contribution in [0.3, 0.4) is 0 Å². The molecule has 0 aliphatic rings. The Morgan fingerprint density at radius 1 is 1.07 bits per heavy atom. The number of aryl methyl sites for hydroxylation is 2. The molecule has 0 aliphatic heterocycles. The zero-order valence-corrected chi connectivity index (χ0v) is 11.6. The second kappa shape index (κ2) is 5.01. The summed E-state index contributed by atoms with van der Waals surface area (Å²) in [5, 5.41) is 0. The minimum Gasteiger partial charge on any atom is -0.372 e. The molecular formula is C12H18IN.